The third-order valence-electron chi connectivity index (χ3n) is 3.62. The molecule has 1 aliphatic carbocycles. The van der Waals surface area contributed by atoms with E-state index in [9.17, 15) is 13.6 Å². The second-order valence-corrected chi connectivity index (χ2v) is 4.99. The second-order valence-electron chi connectivity index (χ2n) is 4.99. The summed E-state index contributed by atoms with van der Waals surface area (Å²) in [5, 5.41) is 11.4. The van der Waals surface area contributed by atoms with Gasteiger partial charge < -0.3 is 10.4 Å². The number of aromatic carboxylic acids is 1. The average molecular weight is 269 g/mol. The van der Waals surface area contributed by atoms with Crippen molar-refractivity contribution >= 4 is 11.7 Å². The van der Waals surface area contributed by atoms with E-state index in [1.165, 1.54) is 25.7 Å². The molecule has 0 spiro atoms. The molecule has 19 heavy (non-hydrogen) atoms. The lowest BCUT2D eigenvalue weighted by Gasteiger charge is -2.12. The van der Waals surface area contributed by atoms with Crippen LogP contribution in [-0.2, 0) is 0 Å². The number of halogens is 2. The smallest absolute Gasteiger partial charge is 0.335 e. The third kappa shape index (κ3) is 3.43. The van der Waals surface area contributed by atoms with Crippen LogP contribution in [-0.4, -0.2) is 17.6 Å². The van der Waals surface area contributed by atoms with Crippen molar-refractivity contribution in [1.29, 1.82) is 0 Å². The number of carboxylic acid groups (broad SMARTS) is 1. The van der Waals surface area contributed by atoms with Crippen LogP contribution in [0.4, 0.5) is 14.5 Å². The van der Waals surface area contributed by atoms with Gasteiger partial charge in [-0.2, -0.15) is 0 Å². The fraction of sp³-hybridized carbons (Fsp3) is 0.500. The van der Waals surface area contributed by atoms with Gasteiger partial charge >= 0.3 is 5.97 Å². The number of hydrogen-bond donors (Lipinski definition) is 2. The highest BCUT2D eigenvalue weighted by atomic mass is 19.1. The zero-order valence-electron chi connectivity index (χ0n) is 10.6. The summed E-state index contributed by atoms with van der Waals surface area (Å²) in [6, 6.07) is 1.67. The minimum atomic E-state index is -1.34. The Morgan fingerprint density at radius 3 is 2.37 bits per heavy atom. The Hall–Kier alpha value is -1.65. The summed E-state index contributed by atoms with van der Waals surface area (Å²) in [5.74, 6) is -2.42. The van der Waals surface area contributed by atoms with Crippen molar-refractivity contribution in [1.82, 2.24) is 0 Å². The average Bonchev–Trinajstić information content (AvgIpc) is 2.85. The first kappa shape index (κ1) is 13.8. The van der Waals surface area contributed by atoms with E-state index in [-0.39, 0.29) is 11.3 Å². The Kier molecular flexibility index (Phi) is 4.35. The molecule has 1 fully saturated rings. The van der Waals surface area contributed by atoms with Gasteiger partial charge in [0, 0.05) is 6.54 Å². The van der Waals surface area contributed by atoms with Gasteiger partial charge in [-0.1, -0.05) is 25.7 Å². The van der Waals surface area contributed by atoms with Gasteiger partial charge in [0.1, 0.15) is 17.3 Å². The molecule has 0 atom stereocenters. The van der Waals surface area contributed by atoms with Crippen LogP contribution in [0.5, 0.6) is 0 Å². The maximum absolute atomic E-state index is 13.6. The van der Waals surface area contributed by atoms with Crippen LogP contribution in [0.3, 0.4) is 0 Å². The molecular formula is C14H17F2NO2. The Bertz CT molecular complexity index is 448. The van der Waals surface area contributed by atoms with Gasteiger partial charge in [0.05, 0.1) is 5.56 Å². The number of carbonyl (C=O) groups is 1. The molecule has 0 bridgehead atoms. The number of benzene rings is 1. The summed E-state index contributed by atoms with van der Waals surface area (Å²) < 4.78 is 27.2. The van der Waals surface area contributed by atoms with Gasteiger partial charge in [0.25, 0.3) is 0 Å². The molecule has 0 heterocycles. The molecule has 104 valence electrons. The summed E-state index contributed by atoms with van der Waals surface area (Å²) in [6.45, 7) is 0.505. The molecule has 5 heteroatoms. The van der Waals surface area contributed by atoms with Crippen molar-refractivity contribution < 1.29 is 18.7 Å². The Morgan fingerprint density at radius 2 is 1.84 bits per heavy atom. The number of nitrogens with one attached hydrogen (secondary N) is 1. The summed E-state index contributed by atoms with van der Waals surface area (Å²) in [5.41, 5.74) is -0.612. The first-order valence-corrected chi connectivity index (χ1v) is 6.54. The van der Waals surface area contributed by atoms with E-state index in [0.29, 0.717) is 12.5 Å². The fourth-order valence-electron chi connectivity index (χ4n) is 2.57. The van der Waals surface area contributed by atoms with E-state index < -0.39 is 17.6 Å². The summed E-state index contributed by atoms with van der Waals surface area (Å²) in [6.07, 6.45) is 5.73. The van der Waals surface area contributed by atoms with E-state index >= 15 is 0 Å². The van der Waals surface area contributed by atoms with Gasteiger partial charge in [-0.15, -0.1) is 0 Å². The molecule has 0 amide bonds. The van der Waals surface area contributed by atoms with Crippen molar-refractivity contribution in [2.75, 3.05) is 11.9 Å². The van der Waals surface area contributed by atoms with Crippen molar-refractivity contribution in [3.8, 4) is 0 Å². The van der Waals surface area contributed by atoms with Crippen LogP contribution in [0.2, 0.25) is 0 Å². The minimum Gasteiger partial charge on any atom is -0.478 e. The van der Waals surface area contributed by atoms with E-state index in [1.807, 2.05) is 0 Å². The summed E-state index contributed by atoms with van der Waals surface area (Å²) in [4.78, 5) is 10.7. The molecule has 1 aromatic carbocycles. The lowest BCUT2D eigenvalue weighted by atomic mass is 10.0. The largest absolute Gasteiger partial charge is 0.478 e. The predicted molar refractivity (Wildman–Crippen MR) is 68.4 cm³/mol. The van der Waals surface area contributed by atoms with E-state index in [4.69, 9.17) is 5.11 Å². The molecule has 3 nitrogen and oxygen atoms in total. The molecule has 1 saturated carbocycles. The normalized spacial score (nSPS) is 15.7. The summed E-state index contributed by atoms with van der Waals surface area (Å²) >= 11 is 0. The highest BCUT2D eigenvalue weighted by Crippen LogP contribution is 2.28. The minimum absolute atomic E-state index is 0.233. The Balaban J connectivity index is 1.97. The Morgan fingerprint density at radius 1 is 1.26 bits per heavy atom. The monoisotopic (exact) mass is 269 g/mol. The van der Waals surface area contributed by atoms with Gasteiger partial charge in [-0.25, -0.2) is 13.6 Å². The molecule has 0 aliphatic heterocycles. The predicted octanol–water partition coefficient (Wildman–Crippen LogP) is 3.66. The van der Waals surface area contributed by atoms with Crippen LogP contribution >= 0.6 is 0 Å². The molecule has 2 N–H and O–H groups in total. The van der Waals surface area contributed by atoms with Gasteiger partial charge in [0.2, 0.25) is 0 Å². The topological polar surface area (TPSA) is 49.3 Å². The van der Waals surface area contributed by atoms with Crippen LogP contribution in [0, 0.1) is 17.6 Å². The number of carboxylic acids is 1. The summed E-state index contributed by atoms with van der Waals surface area (Å²) in [7, 11) is 0. The van der Waals surface area contributed by atoms with E-state index in [1.54, 1.807) is 0 Å². The third-order valence-corrected chi connectivity index (χ3v) is 3.62. The molecule has 2 rings (SSSR count). The number of anilines is 1. The molecule has 0 aromatic heterocycles. The number of rotatable bonds is 5. The molecule has 0 unspecified atom stereocenters. The SMILES string of the molecule is O=C(O)c1cc(F)c(NCCC2CCCC2)c(F)c1. The van der Waals surface area contributed by atoms with Crippen molar-refractivity contribution in [3.05, 3.63) is 29.3 Å². The Labute approximate surface area is 110 Å². The van der Waals surface area contributed by atoms with Crippen LogP contribution in [0.1, 0.15) is 42.5 Å². The molecular weight excluding hydrogens is 252 g/mol. The van der Waals surface area contributed by atoms with Gasteiger partial charge in [-0.05, 0) is 24.5 Å². The van der Waals surface area contributed by atoms with Gasteiger partial charge in [-0.3, -0.25) is 0 Å². The first-order chi connectivity index (χ1) is 9.08. The molecule has 1 aromatic rings. The highest BCUT2D eigenvalue weighted by Gasteiger charge is 2.17. The zero-order valence-corrected chi connectivity index (χ0v) is 10.6. The second kappa shape index (κ2) is 5.99. The number of hydrogen-bond acceptors (Lipinski definition) is 2. The van der Waals surface area contributed by atoms with Crippen molar-refractivity contribution in [2.24, 2.45) is 5.92 Å². The molecule has 0 radical (unpaired) electrons. The maximum atomic E-state index is 13.6. The first-order valence-electron chi connectivity index (χ1n) is 6.54. The van der Waals surface area contributed by atoms with E-state index in [0.717, 1.165) is 18.6 Å². The lowest BCUT2D eigenvalue weighted by Crippen LogP contribution is -2.10. The quantitative estimate of drug-likeness (QED) is 0.857. The fourth-order valence-corrected chi connectivity index (χ4v) is 2.57. The maximum Gasteiger partial charge on any atom is 0.335 e. The molecule has 1 aliphatic rings. The van der Waals surface area contributed by atoms with Crippen LogP contribution in [0.15, 0.2) is 12.1 Å². The zero-order chi connectivity index (χ0) is 13.8. The lowest BCUT2D eigenvalue weighted by molar-refractivity contribution is 0.0696. The van der Waals surface area contributed by atoms with Crippen LogP contribution < -0.4 is 5.32 Å². The van der Waals surface area contributed by atoms with Gasteiger partial charge in [0.15, 0.2) is 0 Å². The van der Waals surface area contributed by atoms with Crippen LogP contribution in [0.25, 0.3) is 0 Å². The molecule has 0 saturated heterocycles. The van der Waals surface area contributed by atoms with Crippen molar-refractivity contribution in [3.63, 3.8) is 0 Å². The highest BCUT2D eigenvalue weighted by molar-refractivity contribution is 5.88. The standard InChI is InChI=1S/C14H17F2NO2/c15-11-7-10(14(18)19)8-12(16)13(11)17-6-5-9-3-1-2-4-9/h7-9,17H,1-6H2,(H,18,19). The van der Waals surface area contributed by atoms with Crippen molar-refractivity contribution in [2.45, 2.75) is 32.1 Å². The van der Waals surface area contributed by atoms with E-state index in [2.05, 4.69) is 5.32 Å².